The van der Waals surface area contributed by atoms with E-state index in [0.29, 0.717) is 12.4 Å². The fourth-order valence-corrected chi connectivity index (χ4v) is 3.15. The van der Waals surface area contributed by atoms with Crippen molar-refractivity contribution < 1.29 is 8.78 Å². The minimum Gasteiger partial charge on any atom is -0.349 e. The Morgan fingerprint density at radius 1 is 1.37 bits per heavy atom. The maximum absolute atomic E-state index is 12.7. The van der Waals surface area contributed by atoms with Crippen LogP contribution in [0.4, 0.5) is 14.6 Å². The first-order valence-electron chi connectivity index (χ1n) is 5.84. The zero-order valence-corrected chi connectivity index (χ0v) is 12.2. The van der Waals surface area contributed by atoms with Gasteiger partial charge in [-0.05, 0) is 19.4 Å². The lowest BCUT2D eigenvalue weighted by molar-refractivity contribution is 0.155. The Morgan fingerprint density at radius 2 is 2.11 bits per heavy atom. The number of nitrogens with zero attached hydrogens (tertiary/aromatic N) is 3. The van der Waals surface area contributed by atoms with Gasteiger partial charge in [-0.1, -0.05) is 0 Å². The van der Waals surface area contributed by atoms with E-state index >= 15 is 0 Å². The van der Waals surface area contributed by atoms with Crippen LogP contribution in [0.5, 0.6) is 0 Å². The third-order valence-electron chi connectivity index (χ3n) is 2.96. The van der Waals surface area contributed by atoms with Crippen molar-refractivity contribution in [3.05, 3.63) is 16.8 Å². The maximum Gasteiger partial charge on any atom is 0.255 e. The number of thiophene rings is 1. The summed E-state index contributed by atoms with van der Waals surface area (Å²) in [4.78, 5) is 11.9. The average Bonchev–Trinajstić information content (AvgIpc) is 2.64. The summed E-state index contributed by atoms with van der Waals surface area (Å²) in [6, 6.07) is 0. The Labute approximate surface area is 119 Å². The molecule has 0 atom stereocenters. The second kappa shape index (κ2) is 5.96. The van der Waals surface area contributed by atoms with Gasteiger partial charge in [0, 0.05) is 17.3 Å². The van der Waals surface area contributed by atoms with E-state index in [2.05, 4.69) is 9.97 Å². The van der Waals surface area contributed by atoms with Crippen LogP contribution >= 0.6 is 22.9 Å². The Kier molecular flexibility index (Phi) is 4.52. The van der Waals surface area contributed by atoms with E-state index in [-0.39, 0.29) is 12.4 Å². The van der Waals surface area contributed by atoms with Gasteiger partial charge in [-0.15, -0.1) is 22.9 Å². The van der Waals surface area contributed by atoms with Crippen LogP contribution in [0.2, 0.25) is 0 Å². The van der Waals surface area contributed by atoms with Gasteiger partial charge in [-0.25, -0.2) is 18.7 Å². The van der Waals surface area contributed by atoms with Crippen LogP contribution in [0.15, 0.2) is 6.33 Å². The van der Waals surface area contributed by atoms with Gasteiger partial charge < -0.3 is 4.90 Å². The van der Waals surface area contributed by atoms with Crippen molar-refractivity contribution in [2.45, 2.75) is 20.3 Å². The molecular formula is C12H14ClF2N3S. The highest BCUT2D eigenvalue weighted by molar-refractivity contribution is 7.18. The average molecular weight is 306 g/mol. The molecule has 0 aliphatic carbocycles. The molecule has 3 nitrogen and oxygen atoms in total. The molecule has 0 N–H and O–H groups in total. The summed E-state index contributed by atoms with van der Waals surface area (Å²) in [5.74, 6) is 0.827. The van der Waals surface area contributed by atoms with Crippen LogP contribution in [0.3, 0.4) is 0 Å². The minimum absolute atomic E-state index is 0.278. The number of hydrogen-bond acceptors (Lipinski definition) is 4. The molecule has 2 aromatic heterocycles. The number of rotatable bonds is 5. The predicted molar refractivity (Wildman–Crippen MR) is 75.8 cm³/mol. The van der Waals surface area contributed by atoms with Crippen LogP contribution in [0, 0.1) is 13.8 Å². The van der Waals surface area contributed by atoms with Gasteiger partial charge in [0.2, 0.25) is 0 Å². The normalized spacial score (nSPS) is 11.5. The number of halogens is 3. The number of fused-ring (bicyclic) bond motifs is 1. The summed E-state index contributed by atoms with van der Waals surface area (Å²) in [7, 11) is 0. The number of anilines is 1. The molecule has 0 radical (unpaired) electrons. The van der Waals surface area contributed by atoms with Gasteiger partial charge in [0.25, 0.3) is 6.43 Å². The molecule has 0 fully saturated rings. The number of aromatic nitrogens is 2. The van der Waals surface area contributed by atoms with Crippen LogP contribution in [-0.4, -0.2) is 35.4 Å². The summed E-state index contributed by atoms with van der Waals surface area (Å²) in [5.41, 5.74) is 1.05. The van der Waals surface area contributed by atoms with Gasteiger partial charge >= 0.3 is 0 Å². The molecule has 2 aromatic rings. The van der Waals surface area contributed by atoms with E-state index in [0.717, 1.165) is 20.7 Å². The fraction of sp³-hybridized carbons (Fsp3) is 0.500. The molecule has 0 aliphatic rings. The first kappa shape index (κ1) is 14.4. The van der Waals surface area contributed by atoms with Crippen molar-refractivity contribution in [2.24, 2.45) is 0 Å². The van der Waals surface area contributed by atoms with Crippen molar-refractivity contribution in [3.63, 3.8) is 0 Å². The highest BCUT2D eigenvalue weighted by Gasteiger charge is 2.19. The Hall–Kier alpha value is -1.01. The van der Waals surface area contributed by atoms with E-state index in [1.807, 2.05) is 13.8 Å². The number of hydrogen-bond donors (Lipinski definition) is 0. The molecule has 2 heterocycles. The smallest absolute Gasteiger partial charge is 0.255 e. The first-order chi connectivity index (χ1) is 9.04. The van der Waals surface area contributed by atoms with Gasteiger partial charge in [0.15, 0.2) is 0 Å². The lowest BCUT2D eigenvalue weighted by Gasteiger charge is -2.23. The number of aryl methyl sites for hydroxylation is 2. The molecule has 0 aromatic carbocycles. The molecule has 0 saturated carbocycles. The molecule has 0 spiro atoms. The lowest BCUT2D eigenvalue weighted by atomic mass is 10.2. The van der Waals surface area contributed by atoms with Crippen molar-refractivity contribution >= 4 is 39.0 Å². The van der Waals surface area contributed by atoms with Gasteiger partial charge in [-0.2, -0.15) is 0 Å². The predicted octanol–water partition coefficient (Wildman–Crippen LogP) is 3.62. The standard InChI is InChI=1S/C12H14ClF2N3S/c1-7-8(2)19-12-10(7)11(16-6-17-12)18(4-3-13)5-9(14)15/h6,9H,3-5H2,1-2H3. The molecule has 19 heavy (non-hydrogen) atoms. The highest BCUT2D eigenvalue weighted by Crippen LogP contribution is 2.34. The van der Waals surface area contributed by atoms with Crippen LogP contribution in [-0.2, 0) is 0 Å². The van der Waals surface area contributed by atoms with E-state index in [4.69, 9.17) is 11.6 Å². The summed E-state index contributed by atoms with van der Waals surface area (Å²) in [5, 5.41) is 0.857. The zero-order valence-electron chi connectivity index (χ0n) is 10.7. The van der Waals surface area contributed by atoms with Crippen LogP contribution in [0.25, 0.3) is 10.2 Å². The highest BCUT2D eigenvalue weighted by atomic mass is 35.5. The SMILES string of the molecule is Cc1sc2ncnc(N(CCCl)CC(F)F)c2c1C. The maximum atomic E-state index is 12.7. The van der Waals surface area contributed by atoms with Crippen molar-refractivity contribution in [2.75, 3.05) is 23.9 Å². The van der Waals surface area contributed by atoms with Crippen LogP contribution in [0.1, 0.15) is 10.4 Å². The molecule has 0 unspecified atom stereocenters. The van der Waals surface area contributed by atoms with Gasteiger partial charge in [0.05, 0.1) is 11.9 Å². The molecular weight excluding hydrogens is 292 g/mol. The summed E-state index contributed by atoms with van der Waals surface area (Å²) >= 11 is 7.25. The monoisotopic (exact) mass is 305 g/mol. The molecule has 0 saturated heterocycles. The van der Waals surface area contributed by atoms with Crippen molar-refractivity contribution in [1.82, 2.24) is 9.97 Å². The molecule has 2 rings (SSSR count). The molecule has 0 bridgehead atoms. The second-order valence-corrected chi connectivity index (χ2v) is 5.77. The Morgan fingerprint density at radius 3 is 2.74 bits per heavy atom. The summed E-state index contributed by atoms with van der Waals surface area (Å²) < 4.78 is 25.3. The summed E-state index contributed by atoms with van der Waals surface area (Å²) in [6.45, 7) is 3.92. The fourth-order valence-electron chi connectivity index (χ4n) is 1.96. The summed E-state index contributed by atoms with van der Waals surface area (Å²) in [6.07, 6.45) is -1.01. The second-order valence-electron chi connectivity index (χ2n) is 4.19. The van der Waals surface area contributed by atoms with E-state index in [1.165, 1.54) is 11.2 Å². The minimum atomic E-state index is -2.42. The Bertz CT molecular complexity index is 573. The molecule has 104 valence electrons. The quantitative estimate of drug-likeness (QED) is 0.790. The Balaban J connectivity index is 2.52. The largest absolute Gasteiger partial charge is 0.349 e. The lowest BCUT2D eigenvalue weighted by Crippen LogP contribution is -2.31. The topological polar surface area (TPSA) is 29.0 Å². The van der Waals surface area contributed by atoms with Gasteiger partial charge in [0.1, 0.15) is 17.0 Å². The van der Waals surface area contributed by atoms with E-state index in [1.54, 1.807) is 11.3 Å². The van der Waals surface area contributed by atoms with E-state index in [9.17, 15) is 8.78 Å². The van der Waals surface area contributed by atoms with Gasteiger partial charge in [-0.3, -0.25) is 0 Å². The van der Waals surface area contributed by atoms with E-state index < -0.39 is 6.43 Å². The molecule has 7 heteroatoms. The third kappa shape index (κ3) is 2.95. The zero-order chi connectivity index (χ0) is 14.0. The first-order valence-corrected chi connectivity index (χ1v) is 7.19. The molecule has 0 amide bonds. The van der Waals surface area contributed by atoms with Crippen LogP contribution < -0.4 is 4.90 Å². The third-order valence-corrected chi connectivity index (χ3v) is 4.24. The van der Waals surface area contributed by atoms with Crippen molar-refractivity contribution in [3.8, 4) is 0 Å². The molecule has 0 aliphatic heterocycles. The number of alkyl halides is 3. The van der Waals surface area contributed by atoms with Crippen molar-refractivity contribution in [1.29, 1.82) is 0 Å².